The number of nitrogens with two attached hydrogens (primary N) is 2. The highest BCUT2D eigenvalue weighted by molar-refractivity contribution is 5.89. The zero-order valence-corrected chi connectivity index (χ0v) is 23.4. The first-order chi connectivity index (χ1) is 18.5. The average Bonchev–Trinajstić information content (AvgIpc) is 3.47. The molecule has 0 aromatic rings. The maximum atomic E-state index is 12.5. The number of hydrogen-bond donors (Lipinski definition) is 4. The molecule has 2 saturated heterocycles. The van der Waals surface area contributed by atoms with Crippen LogP contribution in [-0.2, 0) is 19.2 Å². The zero-order chi connectivity index (χ0) is 27.6. The van der Waals surface area contributed by atoms with Crippen LogP contribution in [0.3, 0.4) is 0 Å². The molecule has 2 unspecified atom stereocenters. The smallest absolute Gasteiger partial charge is 0.225 e. The monoisotopic (exact) mass is 536 g/mol. The van der Waals surface area contributed by atoms with Gasteiger partial charge in [0.2, 0.25) is 23.6 Å². The molecule has 0 saturated carbocycles. The Morgan fingerprint density at radius 1 is 0.605 bits per heavy atom. The second-order valence-electron chi connectivity index (χ2n) is 10.9. The summed E-state index contributed by atoms with van der Waals surface area (Å²) >= 11 is 0. The molecule has 2 atom stereocenters. The molecule has 6 N–H and O–H groups in total. The molecule has 2 rings (SSSR count). The molecule has 2 heterocycles. The van der Waals surface area contributed by atoms with Gasteiger partial charge in [-0.15, -0.1) is 0 Å². The van der Waals surface area contributed by atoms with Gasteiger partial charge in [0.15, 0.2) is 0 Å². The third-order valence-corrected chi connectivity index (χ3v) is 7.64. The van der Waals surface area contributed by atoms with Crippen LogP contribution in [0.25, 0.3) is 0 Å². The minimum absolute atomic E-state index is 0.00925. The summed E-state index contributed by atoms with van der Waals surface area (Å²) in [4.78, 5) is 53.0. The Hall–Kier alpha value is -2.20. The average molecular weight is 537 g/mol. The maximum absolute atomic E-state index is 12.5. The molecule has 0 spiro atoms. The molecular formula is C28H52N6O4. The normalized spacial score (nSPS) is 19.4. The largest absolute Gasteiger partial charge is 0.356 e. The highest BCUT2D eigenvalue weighted by Crippen LogP contribution is 2.20. The summed E-state index contributed by atoms with van der Waals surface area (Å²) in [5, 5.41) is 5.97. The molecule has 2 aliphatic rings. The molecule has 0 aromatic carbocycles. The summed E-state index contributed by atoms with van der Waals surface area (Å²) in [5.74, 6) is -0.364. The van der Waals surface area contributed by atoms with Gasteiger partial charge < -0.3 is 31.9 Å². The molecule has 218 valence electrons. The van der Waals surface area contributed by atoms with Crippen molar-refractivity contribution in [2.75, 3.05) is 52.4 Å². The van der Waals surface area contributed by atoms with E-state index in [1.165, 1.54) is 0 Å². The van der Waals surface area contributed by atoms with E-state index in [1.54, 1.807) is 0 Å². The Kier molecular flexibility index (Phi) is 16.0. The molecule has 0 bridgehead atoms. The van der Waals surface area contributed by atoms with Gasteiger partial charge in [0.25, 0.3) is 0 Å². The molecule has 10 heteroatoms. The lowest BCUT2D eigenvalue weighted by atomic mass is 10.1. The summed E-state index contributed by atoms with van der Waals surface area (Å²) in [7, 11) is 0. The van der Waals surface area contributed by atoms with E-state index in [0.29, 0.717) is 58.7 Å². The van der Waals surface area contributed by atoms with Crippen molar-refractivity contribution in [3.05, 3.63) is 0 Å². The molecular weight excluding hydrogens is 484 g/mol. The van der Waals surface area contributed by atoms with E-state index in [0.717, 1.165) is 83.6 Å². The fourth-order valence-electron chi connectivity index (χ4n) is 5.24. The minimum atomic E-state index is -0.242. The van der Waals surface area contributed by atoms with Gasteiger partial charge in [-0.3, -0.25) is 19.2 Å². The quantitative estimate of drug-likeness (QED) is 0.163. The van der Waals surface area contributed by atoms with Crippen molar-refractivity contribution in [3.63, 3.8) is 0 Å². The van der Waals surface area contributed by atoms with Crippen LogP contribution in [0.4, 0.5) is 0 Å². The van der Waals surface area contributed by atoms with Crippen LogP contribution in [0, 0.1) is 11.8 Å². The summed E-state index contributed by atoms with van der Waals surface area (Å²) < 4.78 is 0. The van der Waals surface area contributed by atoms with E-state index >= 15 is 0 Å². The Balaban J connectivity index is 1.48. The maximum Gasteiger partial charge on any atom is 0.225 e. The fourth-order valence-corrected chi connectivity index (χ4v) is 5.24. The van der Waals surface area contributed by atoms with Gasteiger partial charge in [-0.05, 0) is 51.6 Å². The predicted octanol–water partition coefficient (Wildman–Crippen LogP) is 1.51. The van der Waals surface area contributed by atoms with E-state index in [9.17, 15) is 19.2 Å². The lowest BCUT2D eigenvalue weighted by Gasteiger charge is -2.17. The predicted molar refractivity (Wildman–Crippen MR) is 149 cm³/mol. The van der Waals surface area contributed by atoms with Crippen molar-refractivity contribution in [1.29, 1.82) is 0 Å². The number of carbonyl (C=O) groups excluding carboxylic acids is 4. The van der Waals surface area contributed by atoms with Gasteiger partial charge in [0.1, 0.15) is 0 Å². The first kappa shape index (κ1) is 32.0. The SMILES string of the molecule is NCCCCCCNC(=O)C1CC(=O)N(CCCCCCNC(=O)C2CC(=O)N(CCCCCCN)C2)C1. The van der Waals surface area contributed by atoms with Gasteiger partial charge in [-0.2, -0.15) is 0 Å². The Morgan fingerprint density at radius 2 is 0.974 bits per heavy atom. The van der Waals surface area contributed by atoms with Crippen LogP contribution in [0.5, 0.6) is 0 Å². The van der Waals surface area contributed by atoms with Crippen LogP contribution >= 0.6 is 0 Å². The standard InChI is InChI=1S/C28H52N6O4/c29-13-7-1-3-9-15-31-27(37)24-20-26(36)34(22-24)18-12-6-4-10-16-32-28(38)23-19-25(35)33(21-23)17-11-5-2-8-14-30/h23-24H,1-22,29-30H2,(H,31,37)(H,32,38). The highest BCUT2D eigenvalue weighted by atomic mass is 16.2. The van der Waals surface area contributed by atoms with E-state index in [1.807, 2.05) is 9.80 Å². The zero-order valence-electron chi connectivity index (χ0n) is 23.4. The lowest BCUT2D eigenvalue weighted by molar-refractivity contribution is -0.129. The number of carbonyl (C=O) groups is 4. The molecule has 0 aliphatic carbocycles. The van der Waals surface area contributed by atoms with Crippen molar-refractivity contribution in [3.8, 4) is 0 Å². The summed E-state index contributed by atoms with van der Waals surface area (Å²) in [5.41, 5.74) is 11.0. The van der Waals surface area contributed by atoms with E-state index in [4.69, 9.17) is 11.5 Å². The Labute approximate surface area is 229 Å². The van der Waals surface area contributed by atoms with Gasteiger partial charge in [0, 0.05) is 52.1 Å². The molecule has 0 aromatic heterocycles. The summed E-state index contributed by atoms with van der Waals surface area (Å²) in [6.07, 6.45) is 12.6. The van der Waals surface area contributed by atoms with E-state index < -0.39 is 0 Å². The number of nitrogens with zero attached hydrogens (tertiary/aromatic N) is 2. The number of nitrogens with one attached hydrogen (secondary N) is 2. The highest BCUT2D eigenvalue weighted by Gasteiger charge is 2.34. The van der Waals surface area contributed by atoms with Crippen molar-refractivity contribution in [2.45, 2.75) is 89.9 Å². The van der Waals surface area contributed by atoms with E-state index in [-0.39, 0.29) is 35.5 Å². The third-order valence-electron chi connectivity index (χ3n) is 7.64. The van der Waals surface area contributed by atoms with Crippen LogP contribution in [-0.4, -0.2) is 85.8 Å². The fraction of sp³-hybridized carbons (Fsp3) is 0.857. The van der Waals surface area contributed by atoms with Crippen LogP contribution < -0.4 is 22.1 Å². The summed E-state index contributed by atoms with van der Waals surface area (Å²) in [6.45, 7) is 5.14. The number of likely N-dealkylation sites (tertiary alicyclic amines) is 2. The van der Waals surface area contributed by atoms with Crippen LogP contribution in [0.15, 0.2) is 0 Å². The van der Waals surface area contributed by atoms with Crippen molar-refractivity contribution in [1.82, 2.24) is 20.4 Å². The number of hydrogen-bond acceptors (Lipinski definition) is 6. The summed E-state index contributed by atoms with van der Waals surface area (Å²) in [6, 6.07) is 0. The van der Waals surface area contributed by atoms with Crippen molar-refractivity contribution >= 4 is 23.6 Å². The number of rotatable bonds is 21. The van der Waals surface area contributed by atoms with Gasteiger partial charge in [-0.1, -0.05) is 38.5 Å². The van der Waals surface area contributed by atoms with Crippen molar-refractivity contribution < 1.29 is 19.2 Å². The molecule has 2 aliphatic heterocycles. The first-order valence-corrected chi connectivity index (χ1v) is 15.0. The molecule has 0 radical (unpaired) electrons. The third kappa shape index (κ3) is 12.1. The first-order valence-electron chi connectivity index (χ1n) is 15.0. The number of amides is 4. The van der Waals surface area contributed by atoms with Gasteiger partial charge in [-0.25, -0.2) is 0 Å². The molecule has 38 heavy (non-hydrogen) atoms. The lowest BCUT2D eigenvalue weighted by Crippen LogP contribution is -2.34. The van der Waals surface area contributed by atoms with Crippen molar-refractivity contribution in [2.24, 2.45) is 23.3 Å². The van der Waals surface area contributed by atoms with Crippen LogP contribution in [0.2, 0.25) is 0 Å². The Morgan fingerprint density at radius 3 is 1.37 bits per heavy atom. The second-order valence-corrected chi connectivity index (χ2v) is 10.9. The van der Waals surface area contributed by atoms with Gasteiger partial charge in [0.05, 0.1) is 11.8 Å². The molecule has 2 fully saturated rings. The minimum Gasteiger partial charge on any atom is -0.356 e. The molecule has 10 nitrogen and oxygen atoms in total. The van der Waals surface area contributed by atoms with Crippen LogP contribution in [0.1, 0.15) is 89.9 Å². The topological polar surface area (TPSA) is 151 Å². The van der Waals surface area contributed by atoms with E-state index in [2.05, 4.69) is 10.6 Å². The van der Waals surface area contributed by atoms with Gasteiger partial charge >= 0.3 is 0 Å². The second kappa shape index (κ2) is 19.0. The molecule has 4 amide bonds. The number of unbranched alkanes of at least 4 members (excludes halogenated alkanes) is 9. The Bertz CT molecular complexity index is 734.